The first-order valence-electron chi connectivity index (χ1n) is 7.83. The van der Waals surface area contributed by atoms with Crippen LogP contribution in [0.5, 0.6) is 0 Å². The van der Waals surface area contributed by atoms with Gasteiger partial charge in [0.1, 0.15) is 9.85 Å². The molecule has 4 nitrogen and oxygen atoms in total. The lowest BCUT2D eigenvalue weighted by Gasteiger charge is -2.20. The Morgan fingerprint density at radius 3 is 2.54 bits per heavy atom. The molecule has 9 heteroatoms. The Balaban J connectivity index is 1.97. The molecule has 0 saturated carbocycles. The van der Waals surface area contributed by atoms with Gasteiger partial charge in [-0.3, -0.25) is 9.69 Å². The Bertz CT molecular complexity index is 939. The number of benzene rings is 1. The molecule has 3 rings (SSSR count). The predicted octanol–water partition coefficient (Wildman–Crippen LogP) is 5.92. The fourth-order valence-corrected chi connectivity index (χ4v) is 5.22. The Morgan fingerprint density at radius 1 is 1.15 bits per heavy atom. The molecule has 2 aromatic heterocycles. The molecule has 0 bridgehead atoms. The number of carbonyl (C=O) groups is 1. The second kappa shape index (κ2) is 8.42. The highest BCUT2D eigenvalue weighted by atomic mass is 35.5. The van der Waals surface area contributed by atoms with E-state index in [0.29, 0.717) is 36.5 Å². The summed E-state index contributed by atoms with van der Waals surface area (Å²) in [6.45, 7) is 1.38. The number of hydrogen-bond acceptors (Lipinski definition) is 5. The highest BCUT2D eigenvalue weighted by Crippen LogP contribution is 2.36. The summed E-state index contributed by atoms with van der Waals surface area (Å²) in [5.41, 5.74) is 1.10. The van der Waals surface area contributed by atoms with Crippen LogP contribution in [0.2, 0.25) is 13.7 Å². The van der Waals surface area contributed by atoms with Crippen molar-refractivity contribution in [1.82, 2.24) is 9.88 Å². The zero-order valence-corrected chi connectivity index (χ0v) is 18.0. The Morgan fingerprint density at radius 2 is 1.92 bits per heavy atom. The molecule has 0 spiro atoms. The highest BCUT2D eigenvalue weighted by Gasteiger charge is 2.25. The molecule has 0 radical (unpaired) electrons. The molecule has 0 unspecified atom stereocenters. The van der Waals surface area contributed by atoms with Gasteiger partial charge in [0.15, 0.2) is 5.13 Å². The molecule has 0 fully saturated rings. The molecular weight excluding hydrogens is 433 g/mol. The normalized spacial score (nSPS) is 11.5. The van der Waals surface area contributed by atoms with E-state index < -0.39 is 0 Å². The standard InChI is InChI=1S/C17H16Cl3N3OS2/c1-22(2)7-4-8-23(16(24)10-9-13(19)26-15(10)20)17-21-14-11(18)5-3-6-12(14)25-17/h3,5-6,9H,4,7-8H2,1-2H3. The van der Waals surface area contributed by atoms with Gasteiger partial charge in [0.25, 0.3) is 5.91 Å². The minimum Gasteiger partial charge on any atom is -0.309 e. The molecule has 1 aromatic carbocycles. The summed E-state index contributed by atoms with van der Waals surface area (Å²) in [5, 5.41) is 1.18. The van der Waals surface area contributed by atoms with Crippen LogP contribution >= 0.6 is 57.5 Å². The number of aromatic nitrogens is 1. The smallest absolute Gasteiger partial charge is 0.262 e. The summed E-state index contributed by atoms with van der Waals surface area (Å²) in [6.07, 6.45) is 0.803. The molecule has 1 amide bonds. The zero-order valence-electron chi connectivity index (χ0n) is 14.1. The van der Waals surface area contributed by atoms with E-state index in [4.69, 9.17) is 34.8 Å². The Labute approximate surface area is 174 Å². The van der Waals surface area contributed by atoms with Crippen LogP contribution in [0.4, 0.5) is 5.13 Å². The minimum absolute atomic E-state index is 0.202. The molecule has 138 valence electrons. The number of anilines is 1. The van der Waals surface area contributed by atoms with Gasteiger partial charge in [-0.2, -0.15) is 0 Å². The Kier molecular flexibility index (Phi) is 6.43. The van der Waals surface area contributed by atoms with E-state index in [1.807, 2.05) is 26.2 Å². The van der Waals surface area contributed by atoms with Gasteiger partial charge in [0.05, 0.1) is 19.6 Å². The van der Waals surface area contributed by atoms with Gasteiger partial charge in [0.2, 0.25) is 0 Å². The maximum Gasteiger partial charge on any atom is 0.262 e. The van der Waals surface area contributed by atoms with Crippen LogP contribution in [0.15, 0.2) is 24.3 Å². The van der Waals surface area contributed by atoms with Gasteiger partial charge in [0, 0.05) is 6.54 Å². The van der Waals surface area contributed by atoms with E-state index in [2.05, 4.69) is 9.88 Å². The largest absolute Gasteiger partial charge is 0.309 e. The first kappa shape index (κ1) is 19.9. The van der Waals surface area contributed by atoms with Crippen LogP contribution in [-0.4, -0.2) is 43.0 Å². The molecule has 0 aliphatic heterocycles. The minimum atomic E-state index is -0.202. The number of hydrogen-bond donors (Lipinski definition) is 0. The molecule has 0 aliphatic carbocycles. The van der Waals surface area contributed by atoms with E-state index in [9.17, 15) is 4.79 Å². The third-order valence-electron chi connectivity index (χ3n) is 3.71. The van der Waals surface area contributed by atoms with Crippen molar-refractivity contribution in [2.24, 2.45) is 0 Å². The summed E-state index contributed by atoms with van der Waals surface area (Å²) < 4.78 is 1.81. The summed E-state index contributed by atoms with van der Waals surface area (Å²) in [6, 6.07) is 7.22. The van der Waals surface area contributed by atoms with Crippen LogP contribution in [0.3, 0.4) is 0 Å². The third-order valence-corrected chi connectivity index (χ3v) is 6.54. The van der Waals surface area contributed by atoms with Crippen LogP contribution < -0.4 is 4.90 Å². The van der Waals surface area contributed by atoms with E-state index in [-0.39, 0.29) is 5.91 Å². The summed E-state index contributed by atoms with van der Waals surface area (Å²) in [5.74, 6) is -0.202. The first-order chi connectivity index (χ1) is 12.4. The van der Waals surface area contributed by atoms with Crippen LogP contribution in [0, 0.1) is 0 Å². The molecule has 3 aromatic rings. The summed E-state index contributed by atoms with van der Waals surface area (Å²) >= 11 is 21.1. The first-order valence-corrected chi connectivity index (χ1v) is 10.6. The van der Waals surface area contributed by atoms with E-state index in [1.54, 1.807) is 17.0 Å². The van der Waals surface area contributed by atoms with Gasteiger partial charge >= 0.3 is 0 Å². The molecule has 0 atom stereocenters. The lowest BCUT2D eigenvalue weighted by molar-refractivity contribution is 0.0986. The average Bonchev–Trinajstić information content (AvgIpc) is 3.14. The second-order valence-corrected chi connectivity index (χ2v) is 9.64. The van der Waals surface area contributed by atoms with Crippen molar-refractivity contribution in [3.05, 3.63) is 43.5 Å². The molecule has 0 saturated heterocycles. The number of fused-ring (bicyclic) bond motifs is 1. The molecule has 0 aliphatic rings. The Hall–Kier alpha value is -0.890. The van der Waals surface area contributed by atoms with Crippen molar-refractivity contribution < 1.29 is 4.79 Å². The van der Waals surface area contributed by atoms with Crippen molar-refractivity contribution in [3.8, 4) is 0 Å². The number of amides is 1. The van der Waals surface area contributed by atoms with Gasteiger partial charge in [-0.15, -0.1) is 11.3 Å². The predicted molar refractivity (Wildman–Crippen MR) is 114 cm³/mol. The van der Waals surface area contributed by atoms with Crippen molar-refractivity contribution in [2.45, 2.75) is 6.42 Å². The van der Waals surface area contributed by atoms with Crippen molar-refractivity contribution in [1.29, 1.82) is 0 Å². The quantitative estimate of drug-likeness (QED) is 0.470. The number of thiophene rings is 1. The molecule has 0 N–H and O–H groups in total. The lowest BCUT2D eigenvalue weighted by Crippen LogP contribution is -2.33. The maximum atomic E-state index is 13.1. The number of para-hydroxylation sites is 1. The van der Waals surface area contributed by atoms with Crippen molar-refractivity contribution >= 4 is 78.7 Å². The highest BCUT2D eigenvalue weighted by molar-refractivity contribution is 7.22. The number of carbonyl (C=O) groups excluding carboxylic acids is 1. The van der Waals surface area contributed by atoms with Crippen molar-refractivity contribution in [2.75, 3.05) is 32.1 Å². The van der Waals surface area contributed by atoms with Gasteiger partial charge in [-0.25, -0.2) is 4.98 Å². The molecule has 26 heavy (non-hydrogen) atoms. The van der Waals surface area contributed by atoms with Crippen molar-refractivity contribution in [3.63, 3.8) is 0 Å². The summed E-state index contributed by atoms with van der Waals surface area (Å²) in [4.78, 5) is 21.5. The van der Waals surface area contributed by atoms with Gasteiger partial charge in [-0.1, -0.05) is 52.2 Å². The van der Waals surface area contributed by atoms with E-state index in [1.165, 1.54) is 22.7 Å². The SMILES string of the molecule is CN(C)CCCN(C(=O)c1cc(Cl)sc1Cl)c1nc2c(Cl)cccc2s1. The molecule has 2 heterocycles. The zero-order chi connectivity index (χ0) is 18.8. The van der Waals surface area contributed by atoms with E-state index >= 15 is 0 Å². The topological polar surface area (TPSA) is 36.4 Å². The number of halogens is 3. The van der Waals surface area contributed by atoms with Crippen LogP contribution in [-0.2, 0) is 0 Å². The van der Waals surface area contributed by atoms with E-state index in [0.717, 1.165) is 17.7 Å². The van der Waals surface area contributed by atoms with Crippen LogP contribution in [0.1, 0.15) is 16.8 Å². The second-order valence-electron chi connectivity index (χ2n) is 5.93. The fourth-order valence-electron chi connectivity index (χ4n) is 2.48. The van der Waals surface area contributed by atoms with Gasteiger partial charge in [-0.05, 0) is 45.3 Å². The number of nitrogens with zero attached hydrogens (tertiary/aromatic N) is 3. The number of rotatable bonds is 6. The maximum absolute atomic E-state index is 13.1. The lowest BCUT2D eigenvalue weighted by atomic mass is 10.3. The van der Waals surface area contributed by atoms with Gasteiger partial charge < -0.3 is 4.90 Å². The number of thiazole rings is 1. The fraction of sp³-hybridized carbons (Fsp3) is 0.294. The van der Waals surface area contributed by atoms with Crippen LogP contribution in [0.25, 0.3) is 10.2 Å². The molecular formula is C17H16Cl3N3OS2. The average molecular weight is 449 g/mol. The summed E-state index contributed by atoms with van der Waals surface area (Å²) in [7, 11) is 4.00. The monoisotopic (exact) mass is 447 g/mol. The third kappa shape index (κ3) is 4.32.